The van der Waals surface area contributed by atoms with Crippen LogP contribution in [-0.4, -0.2) is 0 Å². The van der Waals surface area contributed by atoms with E-state index in [2.05, 4.69) is 75.4 Å². The van der Waals surface area contributed by atoms with Crippen LogP contribution in [-0.2, 0) is 50.9 Å². The first-order valence-electron chi connectivity index (χ1n) is 10.0. The van der Waals surface area contributed by atoms with Crippen LogP contribution in [0.2, 0.25) is 0 Å². The maximum absolute atomic E-state index is 6.24. The Kier molecular flexibility index (Phi) is 5.13. The van der Waals surface area contributed by atoms with Crippen molar-refractivity contribution < 1.29 is 30.6 Å². The summed E-state index contributed by atoms with van der Waals surface area (Å²) >= 11 is 0. The van der Waals surface area contributed by atoms with Gasteiger partial charge in [0.15, 0.2) is 0 Å². The standard InChI is InChI=1S/C26H26O.Zr/c1-26(2,3)24-13-12-23(27-24)20-15-19-14-18-10-7-11-21(18)25(22(19)16-20)17-8-5-4-6-9-17;/h4-6,8-9,12-14,16H,7,10-11,15H2,1-3H3;. The number of hydrogen-bond donors (Lipinski definition) is 0. The normalized spacial score (nSPS) is 15.0. The van der Waals surface area contributed by atoms with E-state index in [4.69, 9.17) is 4.42 Å². The molecular formula is C26H26OZr. The van der Waals surface area contributed by atoms with Crippen LogP contribution in [0.15, 0.2) is 52.9 Å². The average molecular weight is 446 g/mol. The minimum absolute atomic E-state index is 0. The van der Waals surface area contributed by atoms with Gasteiger partial charge in [-0.2, -0.15) is 0 Å². The van der Waals surface area contributed by atoms with Crippen LogP contribution in [0.1, 0.15) is 61.0 Å². The molecule has 0 saturated carbocycles. The van der Waals surface area contributed by atoms with Crippen molar-refractivity contribution in [2.75, 3.05) is 0 Å². The maximum atomic E-state index is 6.24. The van der Waals surface area contributed by atoms with E-state index in [0.29, 0.717) is 0 Å². The molecule has 0 atom stereocenters. The quantitative estimate of drug-likeness (QED) is 0.421. The average Bonchev–Trinajstić information content (AvgIpc) is 3.37. The summed E-state index contributed by atoms with van der Waals surface area (Å²) in [6.45, 7) is 6.60. The summed E-state index contributed by atoms with van der Waals surface area (Å²) in [5.41, 5.74) is 10.1. The number of allylic oxidation sites excluding steroid dienone is 1. The van der Waals surface area contributed by atoms with Crippen molar-refractivity contribution in [1.29, 1.82) is 0 Å². The first kappa shape index (κ1) is 19.7. The van der Waals surface area contributed by atoms with Crippen LogP contribution in [0.4, 0.5) is 0 Å². The Hall–Kier alpha value is -1.66. The van der Waals surface area contributed by atoms with Crippen LogP contribution in [0.5, 0.6) is 0 Å². The smallest absolute Gasteiger partial charge is 0.130 e. The fourth-order valence-corrected chi connectivity index (χ4v) is 4.57. The number of fused-ring (bicyclic) bond motifs is 2. The molecule has 140 valence electrons. The van der Waals surface area contributed by atoms with Crippen LogP contribution < -0.4 is 0 Å². The summed E-state index contributed by atoms with van der Waals surface area (Å²) in [6, 6.07) is 17.7. The van der Waals surface area contributed by atoms with Gasteiger partial charge in [0.1, 0.15) is 11.5 Å². The molecule has 0 fully saturated rings. The van der Waals surface area contributed by atoms with E-state index in [0.717, 1.165) is 17.9 Å². The first-order valence-corrected chi connectivity index (χ1v) is 10.0. The molecule has 0 radical (unpaired) electrons. The SMILES string of the molecule is CC(C)(C)c1ccc(C2=Cc3c(cc4c(c3-c3ccccc3)CCC4)C2)o1.[Zr]. The first-order chi connectivity index (χ1) is 13.0. The van der Waals surface area contributed by atoms with Crippen molar-refractivity contribution in [2.45, 2.75) is 51.9 Å². The number of benzene rings is 2. The second-order valence-electron chi connectivity index (χ2n) is 8.94. The molecule has 0 aliphatic heterocycles. The fraction of sp³-hybridized carbons (Fsp3) is 0.308. The number of aryl methyl sites for hydroxylation is 1. The third-order valence-corrected chi connectivity index (χ3v) is 5.95. The summed E-state index contributed by atoms with van der Waals surface area (Å²) < 4.78 is 6.24. The maximum Gasteiger partial charge on any atom is 0.130 e. The van der Waals surface area contributed by atoms with Gasteiger partial charge in [0.05, 0.1) is 0 Å². The Morgan fingerprint density at radius 2 is 1.68 bits per heavy atom. The minimum atomic E-state index is 0. The van der Waals surface area contributed by atoms with Crippen LogP contribution in [0.25, 0.3) is 22.8 Å². The summed E-state index contributed by atoms with van der Waals surface area (Å²) in [6.07, 6.45) is 7.04. The third-order valence-electron chi connectivity index (χ3n) is 5.95. The van der Waals surface area contributed by atoms with Crippen molar-refractivity contribution >= 4 is 11.6 Å². The van der Waals surface area contributed by atoms with E-state index >= 15 is 0 Å². The molecule has 0 unspecified atom stereocenters. The molecule has 1 aromatic heterocycles. The Labute approximate surface area is 187 Å². The molecule has 5 rings (SSSR count). The largest absolute Gasteiger partial charge is 0.461 e. The predicted octanol–water partition coefficient (Wildman–Crippen LogP) is 6.83. The molecule has 1 heterocycles. The van der Waals surface area contributed by atoms with Crippen molar-refractivity contribution in [1.82, 2.24) is 0 Å². The van der Waals surface area contributed by atoms with Gasteiger partial charge in [0, 0.05) is 38.0 Å². The third kappa shape index (κ3) is 3.31. The molecule has 0 saturated heterocycles. The molecule has 0 bridgehead atoms. The number of furan rings is 1. The van der Waals surface area contributed by atoms with Crippen molar-refractivity contribution in [2.24, 2.45) is 0 Å². The second-order valence-corrected chi connectivity index (χ2v) is 8.94. The molecule has 2 aromatic carbocycles. The number of rotatable bonds is 2. The summed E-state index contributed by atoms with van der Waals surface area (Å²) in [7, 11) is 0. The Morgan fingerprint density at radius 3 is 2.39 bits per heavy atom. The molecule has 0 amide bonds. The molecular weight excluding hydrogens is 420 g/mol. The van der Waals surface area contributed by atoms with E-state index in [1.165, 1.54) is 47.1 Å². The van der Waals surface area contributed by atoms with Crippen molar-refractivity contribution in [3.8, 4) is 11.1 Å². The van der Waals surface area contributed by atoms with E-state index in [-0.39, 0.29) is 31.6 Å². The molecule has 2 aliphatic carbocycles. The van der Waals surface area contributed by atoms with Gasteiger partial charge in [-0.05, 0) is 76.4 Å². The van der Waals surface area contributed by atoms with E-state index in [9.17, 15) is 0 Å². The van der Waals surface area contributed by atoms with E-state index < -0.39 is 0 Å². The van der Waals surface area contributed by atoms with Gasteiger partial charge in [0.2, 0.25) is 0 Å². The predicted molar refractivity (Wildman–Crippen MR) is 113 cm³/mol. The molecule has 3 aromatic rings. The molecule has 2 heteroatoms. The van der Waals surface area contributed by atoms with Crippen LogP contribution >= 0.6 is 0 Å². The van der Waals surface area contributed by atoms with Gasteiger partial charge in [-0.3, -0.25) is 0 Å². The molecule has 28 heavy (non-hydrogen) atoms. The van der Waals surface area contributed by atoms with E-state index in [1.807, 2.05) is 0 Å². The molecule has 2 aliphatic rings. The Balaban J connectivity index is 0.00000192. The van der Waals surface area contributed by atoms with Gasteiger partial charge < -0.3 is 4.42 Å². The Morgan fingerprint density at radius 1 is 0.893 bits per heavy atom. The van der Waals surface area contributed by atoms with Crippen LogP contribution in [0, 0.1) is 0 Å². The summed E-state index contributed by atoms with van der Waals surface area (Å²) in [5, 5.41) is 0. The zero-order chi connectivity index (χ0) is 18.6. The molecule has 0 spiro atoms. The van der Waals surface area contributed by atoms with Gasteiger partial charge in [0.25, 0.3) is 0 Å². The molecule has 0 N–H and O–H groups in total. The summed E-state index contributed by atoms with van der Waals surface area (Å²) in [4.78, 5) is 0. The Bertz CT molecular complexity index is 1050. The van der Waals surface area contributed by atoms with Gasteiger partial charge in [-0.15, -0.1) is 0 Å². The fourth-order valence-electron chi connectivity index (χ4n) is 4.57. The number of hydrogen-bond acceptors (Lipinski definition) is 1. The van der Waals surface area contributed by atoms with Gasteiger partial charge in [-0.1, -0.05) is 57.2 Å². The minimum Gasteiger partial charge on any atom is -0.461 e. The van der Waals surface area contributed by atoms with Crippen LogP contribution in [0.3, 0.4) is 0 Å². The van der Waals surface area contributed by atoms with Gasteiger partial charge >= 0.3 is 0 Å². The zero-order valence-corrected chi connectivity index (χ0v) is 19.4. The second kappa shape index (κ2) is 7.30. The summed E-state index contributed by atoms with van der Waals surface area (Å²) in [5.74, 6) is 2.08. The van der Waals surface area contributed by atoms with Gasteiger partial charge in [-0.25, -0.2) is 0 Å². The van der Waals surface area contributed by atoms with E-state index in [1.54, 1.807) is 11.1 Å². The monoisotopic (exact) mass is 444 g/mol. The zero-order valence-electron chi connectivity index (χ0n) is 16.9. The van der Waals surface area contributed by atoms with Crippen molar-refractivity contribution in [3.63, 3.8) is 0 Å². The van der Waals surface area contributed by atoms with Crippen molar-refractivity contribution in [3.05, 3.63) is 82.3 Å². The molecule has 1 nitrogen and oxygen atoms in total. The topological polar surface area (TPSA) is 13.1 Å².